The number of rotatable bonds is 4. The Bertz CT molecular complexity index is 534. The number of amides is 2. The predicted octanol–water partition coefficient (Wildman–Crippen LogP) is 1.59. The second-order valence-electron chi connectivity index (χ2n) is 4.80. The molecule has 108 valence electrons. The summed E-state index contributed by atoms with van der Waals surface area (Å²) in [6.07, 6.45) is 1.07. The molecule has 4 nitrogen and oxygen atoms in total. The van der Waals surface area contributed by atoms with Crippen LogP contribution in [0.1, 0.15) is 24.8 Å². The number of carbonyl (C=O) groups excluding carboxylic acids is 2. The molecule has 0 saturated carbocycles. The van der Waals surface area contributed by atoms with Crippen LogP contribution in [0.4, 0.5) is 8.78 Å². The Morgan fingerprint density at radius 3 is 2.90 bits per heavy atom. The van der Waals surface area contributed by atoms with Crippen molar-refractivity contribution in [1.82, 2.24) is 10.2 Å². The fourth-order valence-electron chi connectivity index (χ4n) is 2.39. The van der Waals surface area contributed by atoms with E-state index < -0.39 is 11.6 Å². The molecule has 1 aromatic carbocycles. The molecule has 1 atom stereocenters. The van der Waals surface area contributed by atoms with E-state index in [1.807, 2.05) is 0 Å². The van der Waals surface area contributed by atoms with Gasteiger partial charge in [-0.1, -0.05) is 12.1 Å². The number of nitrogens with zero attached hydrogens (tertiary/aromatic N) is 1. The molecule has 1 saturated heterocycles. The summed E-state index contributed by atoms with van der Waals surface area (Å²) in [5.41, 5.74) is 0.127. The zero-order valence-corrected chi connectivity index (χ0v) is 11.2. The zero-order chi connectivity index (χ0) is 14.7. The first-order valence-electron chi connectivity index (χ1n) is 6.46. The molecule has 0 spiro atoms. The van der Waals surface area contributed by atoms with Crippen molar-refractivity contribution in [3.05, 3.63) is 35.4 Å². The number of hydrogen-bond donors (Lipinski definition) is 1. The van der Waals surface area contributed by atoms with Gasteiger partial charge in [0.15, 0.2) is 11.6 Å². The lowest BCUT2D eigenvalue weighted by Crippen LogP contribution is -2.36. The SMILES string of the molecule is CNC(=O)CC1CCC(=O)N1Cc1cccc(F)c1F. The molecule has 0 aliphatic carbocycles. The second kappa shape index (κ2) is 5.98. The Kier molecular flexibility index (Phi) is 4.32. The second-order valence-corrected chi connectivity index (χ2v) is 4.80. The fraction of sp³-hybridized carbons (Fsp3) is 0.429. The highest BCUT2D eigenvalue weighted by Gasteiger charge is 2.32. The van der Waals surface area contributed by atoms with Crippen molar-refractivity contribution in [2.24, 2.45) is 0 Å². The van der Waals surface area contributed by atoms with Gasteiger partial charge in [0, 0.05) is 38.0 Å². The molecule has 1 aliphatic rings. The largest absolute Gasteiger partial charge is 0.359 e. The molecule has 1 N–H and O–H groups in total. The predicted molar refractivity (Wildman–Crippen MR) is 68.6 cm³/mol. The smallest absolute Gasteiger partial charge is 0.223 e. The van der Waals surface area contributed by atoms with Crippen LogP contribution in [0.25, 0.3) is 0 Å². The first-order chi connectivity index (χ1) is 9.52. The molecule has 1 aliphatic heterocycles. The van der Waals surface area contributed by atoms with Gasteiger partial charge in [0.05, 0.1) is 0 Å². The van der Waals surface area contributed by atoms with Crippen molar-refractivity contribution in [3.63, 3.8) is 0 Å². The van der Waals surface area contributed by atoms with Crippen LogP contribution < -0.4 is 5.32 Å². The van der Waals surface area contributed by atoms with E-state index in [4.69, 9.17) is 0 Å². The van der Waals surface area contributed by atoms with Gasteiger partial charge < -0.3 is 10.2 Å². The topological polar surface area (TPSA) is 49.4 Å². The highest BCUT2D eigenvalue weighted by Crippen LogP contribution is 2.25. The minimum atomic E-state index is -0.939. The van der Waals surface area contributed by atoms with Crippen LogP contribution in [0.5, 0.6) is 0 Å². The number of hydrogen-bond acceptors (Lipinski definition) is 2. The van der Waals surface area contributed by atoms with E-state index in [1.54, 1.807) is 0 Å². The third-order valence-corrected chi connectivity index (χ3v) is 3.52. The maximum absolute atomic E-state index is 13.6. The maximum atomic E-state index is 13.6. The number of benzene rings is 1. The number of halogens is 2. The van der Waals surface area contributed by atoms with Gasteiger partial charge in [-0.05, 0) is 12.5 Å². The summed E-state index contributed by atoms with van der Waals surface area (Å²) < 4.78 is 26.8. The van der Waals surface area contributed by atoms with Crippen molar-refractivity contribution in [3.8, 4) is 0 Å². The van der Waals surface area contributed by atoms with E-state index in [1.165, 1.54) is 24.1 Å². The van der Waals surface area contributed by atoms with E-state index in [0.29, 0.717) is 12.8 Å². The van der Waals surface area contributed by atoms with Crippen molar-refractivity contribution in [2.75, 3.05) is 7.05 Å². The zero-order valence-electron chi connectivity index (χ0n) is 11.2. The van der Waals surface area contributed by atoms with Crippen LogP contribution >= 0.6 is 0 Å². The molecule has 20 heavy (non-hydrogen) atoms. The van der Waals surface area contributed by atoms with Gasteiger partial charge in [0.25, 0.3) is 0 Å². The summed E-state index contributed by atoms with van der Waals surface area (Å²) in [6, 6.07) is 3.63. The molecular weight excluding hydrogens is 266 g/mol. The Balaban J connectivity index is 2.14. The van der Waals surface area contributed by atoms with Gasteiger partial charge >= 0.3 is 0 Å². The monoisotopic (exact) mass is 282 g/mol. The summed E-state index contributed by atoms with van der Waals surface area (Å²) in [6.45, 7) is -0.00983. The van der Waals surface area contributed by atoms with Crippen molar-refractivity contribution in [1.29, 1.82) is 0 Å². The Labute approximate surface area is 115 Å². The summed E-state index contributed by atoms with van der Waals surface area (Å²) in [7, 11) is 1.52. The van der Waals surface area contributed by atoms with Gasteiger partial charge in [-0.15, -0.1) is 0 Å². The number of nitrogens with one attached hydrogen (secondary N) is 1. The van der Waals surface area contributed by atoms with Crippen LogP contribution in [-0.4, -0.2) is 29.8 Å². The first kappa shape index (κ1) is 14.4. The Morgan fingerprint density at radius 2 is 2.20 bits per heavy atom. The lowest BCUT2D eigenvalue weighted by molar-refractivity contribution is -0.130. The van der Waals surface area contributed by atoms with E-state index >= 15 is 0 Å². The third-order valence-electron chi connectivity index (χ3n) is 3.52. The lowest BCUT2D eigenvalue weighted by atomic mass is 10.1. The summed E-state index contributed by atoms with van der Waals surface area (Å²) in [4.78, 5) is 24.7. The maximum Gasteiger partial charge on any atom is 0.223 e. The van der Waals surface area contributed by atoms with Crippen molar-refractivity contribution in [2.45, 2.75) is 31.8 Å². The van der Waals surface area contributed by atoms with Gasteiger partial charge in [0.2, 0.25) is 11.8 Å². The molecule has 2 rings (SSSR count). The normalized spacial score (nSPS) is 18.4. The molecule has 1 unspecified atom stereocenters. The quantitative estimate of drug-likeness (QED) is 0.911. The molecular formula is C14H16F2N2O2. The first-order valence-corrected chi connectivity index (χ1v) is 6.46. The number of likely N-dealkylation sites (tertiary alicyclic amines) is 1. The van der Waals surface area contributed by atoms with Crippen LogP contribution in [0.15, 0.2) is 18.2 Å². The van der Waals surface area contributed by atoms with Gasteiger partial charge in [-0.25, -0.2) is 8.78 Å². The van der Waals surface area contributed by atoms with Gasteiger partial charge in [0.1, 0.15) is 0 Å². The Hall–Kier alpha value is -1.98. The summed E-state index contributed by atoms with van der Waals surface area (Å²) in [5.74, 6) is -2.18. The molecule has 1 fully saturated rings. The standard InChI is InChI=1S/C14H16F2N2O2/c1-17-12(19)7-10-5-6-13(20)18(10)8-9-3-2-4-11(15)14(9)16/h2-4,10H,5-8H2,1H3,(H,17,19). The third kappa shape index (κ3) is 2.95. The Morgan fingerprint density at radius 1 is 1.45 bits per heavy atom. The molecule has 2 amide bonds. The van der Waals surface area contributed by atoms with E-state index in [-0.39, 0.29) is 36.4 Å². The van der Waals surface area contributed by atoms with Crippen LogP contribution in [0, 0.1) is 11.6 Å². The molecule has 0 bridgehead atoms. The lowest BCUT2D eigenvalue weighted by Gasteiger charge is -2.24. The molecule has 0 radical (unpaired) electrons. The minimum absolute atomic E-state index is 0.00983. The molecule has 6 heteroatoms. The van der Waals surface area contributed by atoms with Gasteiger partial charge in [-0.3, -0.25) is 9.59 Å². The summed E-state index contributed by atoms with van der Waals surface area (Å²) >= 11 is 0. The minimum Gasteiger partial charge on any atom is -0.359 e. The highest BCUT2D eigenvalue weighted by atomic mass is 19.2. The van der Waals surface area contributed by atoms with Crippen LogP contribution in [-0.2, 0) is 16.1 Å². The highest BCUT2D eigenvalue weighted by molar-refractivity contribution is 5.81. The molecule has 1 aromatic rings. The number of carbonyl (C=O) groups is 2. The average molecular weight is 282 g/mol. The van der Waals surface area contributed by atoms with Crippen LogP contribution in [0.2, 0.25) is 0 Å². The van der Waals surface area contributed by atoms with E-state index in [0.717, 1.165) is 6.07 Å². The fourth-order valence-corrected chi connectivity index (χ4v) is 2.39. The van der Waals surface area contributed by atoms with E-state index in [9.17, 15) is 18.4 Å². The van der Waals surface area contributed by atoms with Crippen molar-refractivity contribution >= 4 is 11.8 Å². The van der Waals surface area contributed by atoms with Gasteiger partial charge in [-0.2, -0.15) is 0 Å². The average Bonchev–Trinajstić information content (AvgIpc) is 2.76. The van der Waals surface area contributed by atoms with Crippen molar-refractivity contribution < 1.29 is 18.4 Å². The summed E-state index contributed by atoms with van der Waals surface area (Å²) in [5, 5.41) is 2.50. The molecule has 1 heterocycles. The van der Waals surface area contributed by atoms with E-state index in [2.05, 4.69) is 5.32 Å². The van der Waals surface area contributed by atoms with Crippen LogP contribution in [0.3, 0.4) is 0 Å². The molecule has 0 aromatic heterocycles.